The smallest absolute Gasteiger partial charge is 0.270 e. The van der Waals surface area contributed by atoms with Gasteiger partial charge in [0.05, 0.1) is 16.8 Å². The lowest BCUT2D eigenvalue weighted by atomic mass is 9.93. The molecule has 7 heteroatoms. The highest BCUT2D eigenvalue weighted by molar-refractivity contribution is 7.07. The third-order valence-corrected chi connectivity index (χ3v) is 6.05. The summed E-state index contributed by atoms with van der Waals surface area (Å²) in [5, 5.41) is 4.35. The molecule has 138 valence electrons. The van der Waals surface area contributed by atoms with Crippen molar-refractivity contribution in [2.24, 2.45) is 4.99 Å². The average molecular weight is 380 g/mol. The van der Waals surface area contributed by atoms with Crippen LogP contribution in [0.5, 0.6) is 5.75 Å². The van der Waals surface area contributed by atoms with Gasteiger partial charge < -0.3 is 4.74 Å². The van der Waals surface area contributed by atoms with Crippen LogP contribution in [0, 0.1) is 0 Å². The van der Waals surface area contributed by atoms with Gasteiger partial charge in [-0.3, -0.25) is 14.0 Å². The lowest BCUT2D eigenvalue weighted by Gasteiger charge is -2.39. The first-order chi connectivity index (χ1) is 13.1. The van der Waals surface area contributed by atoms with Gasteiger partial charge in [0.15, 0.2) is 4.80 Å². The Morgan fingerprint density at radius 1 is 1.41 bits per heavy atom. The molecule has 0 saturated heterocycles. The number of nitrogens with zero attached hydrogens (tertiary/aromatic N) is 4. The molecule has 2 aliphatic heterocycles. The van der Waals surface area contributed by atoms with Crippen LogP contribution in [0.15, 0.2) is 46.4 Å². The summed E-state index contributed by atoms with van der Waals surface area (Å²) in [5.74, 6) is 0.815. The Morgan fingerprint density at radius 2 is 2.26 bits per heavy atom. The summed E-state index contributed by atoms with van der Waals surface area (Å²) in [4.78, 5) is 18.7. The van der Waals surface area contributed by atoms with Crippen molar-refractivity contribution in [2.75, 3.05) is 0 Å². The van der Waals surface area contributed by atoms with E-state index in [1.165, 1.54) is 11.3 Å². The molecule has 1 aromatic carbocycles. The molecule has 0 aliphatic carbocycles. The molecule has 0 spiro atoms. The number of ether oxygens (including phenoxy) is 1. The van der Waals surface area contributed by atoms with Gasteiger partial charge in [-0.2, -0.15) is 5.10 Å². The van der Waals surface area contributed by atoms with Crippen molar-refractivity contribution in [2.45, 2.75) is 45.0 Å². The second-order valence-electron chi connectivity index (χ2n) is 7.25. The highest BCUT2D eigenvalue weighted by atomic mass is 32.1. The first-order valence-electron chi connectivity index (χ1n) is 9.20. The van der Waals surface area contributed by atoms with E-state index < -0.39 is 5.72 Å². The van der Waals surface area contributed by atoms with Crippen molar-refractivity contribution in [1.29, 1.82) is 0 Å². The lowest BCUT2D eigenvalue weighted by molar-refractivity contribution is 0.0410. The number of hydrogen-bond acceptors (Lipinski definition) is 5. The van der Waals surface area contributed by atoms with E-state index in [0.29, 0.717) is 11.0 Å². The molecule has 2 aromatic heterocycles. The molecule has 0 radical (unpaired) electrons. The van der Waals surface area contributed by atoms with Crippen LogP contribution in [0.25, 0.3) is 6.08 Å². The van der Waals surface area contributed by atoms with Gasteiger partial charge in [0.2, 0.25) is 5.72 Å². The van der Waals surface area contributed by atoms with E-state index in [2.05, 4.69) is 12.0 Å². The van der Waals surface area contributed by atoms with Crippen molar-refractivity contribution in [1.82, 2.24) is 14.3 Å². The van der Waals surface area contributed by atoms with Crippen LogP contribution in [-0.2, 0) is 6.54 Å². The van der Waals surface area contributed by atoms with E-state index in [1.807, 2.05) is 52.7 Å². The summed E-state index contributed by atoms with van der Waals surface area (Å²) < 4.78 is 10.6. The Labute approximate surface area is 160 Å². The zero-order valence-electron chi connectivity index (χ0n) is 15.3. The second-order valence-corrected chi connectivity index (χ2v) is 8.26. The molecule has 0 amide bonds. The molecule has 2 unspecified atom stereocenters. The van der Waals surface area contributed by atoms with Crippen molar-refractivity contribution in [3.63, 3.8) is 0 Å². The highest BCUT2D eigenvalue weighted by Gasteiger charge is 2.42. The van der Waals surface area contributed by atoms with Gasteiger partial charge in [0.25, 0.3) is 5.56 Å². The first-order valence-corrected chi connectivity index (χ1v) is 10.0. The first kappa shape index (κ1) is 16.5. The van der Waals surface area contributed by atoms with Gasteiger partial charge >= 0.3 is 0 Å². The van der Waals surface area contributed by atoms with Gasteiger partial charge in [0.1, 0.15) is 5.75 Å². The number of rotatable bonds is 3. The van der Waals surface area contributed by atoms with E-state index in [1.54, 1.807) is 6.20 Å². The molecular weight excluding hydrogens is 360 g/mol. The third-order valence-electron chi connectivity index (χ3n) is 5.06. The third kappa shape index (κ3) is 2.65. The van der Waals surface area contributed by atoms with Gasteiger partial charge in [-0.05, 0) is 25.5 Å². The fourth-order valence-electron chi connectivity index (χ4n) is 3.89. The van der Waals surface area contributed by atoms with Gasteiger partial charge in [0, 0.05) is 30.3 Å². The largest absolute Gasteiger partial charge is 0.466 e. The van der Waals surface area contributed by atoms with Gasteiger partial charge in [-0.15, -0.1) is 0 Å². The molecule has 0 N–H and O–H groups in total. The molecule has 0 saturated carbocycles. The van der Waals surface area contributed by atoms with Crippen molar-refractivity contribution < 1.29 is 4.74 Å². The fraction of sp³-hybridized carbons (Fsp3) is 0.350. The van der Waals surface area contributed by atoms with Crippen LogP contribution in [0.2, 0.25) is 0 Å². The number of aryl methyl sites for hydroxylation is 1. The topological polar surface area (TPSA) is 61.4 Å². The molecule has 2 bridgehead atoms. The molecular formula is C20H20N4O2S. The van der Waals surface area contributed by atoms with E-state index in [0.717, 1.165) is 34.6 Å². The minimum Gasteiger partial charge on any atom is -0.466 e. The molecule has 4 heterocycles. The molecule has 2 aliphatic rings. The Hall–Kier alpha value is -2.67. The summed E-state index contributed by atoms with van der Waals surface area (Å²) in [6.45, 7) is 4.98. The predicted octanol–water partition coefficient (Wildman–Crippen LogP) is 2.07. The van der Waals surface area contributed by atoms with Crippen molar-refractivity contribution in [3.05, 3.63) is 67.5 Å². The zero-order valence-corrected chi connectivity index (χ0v) is 16.1. The molecule has 6 nitrogen and oxygen atoms in total. The highest BCUT2D eigenvalue weighted by Crippen LogP contribution is 2.42. The Morgan fingerprint density at radius 3 is 3.11 bits per heavy atom. The van der Waals surface area contributed by atoms with E-state index in [-0.39, 0.29) is 11.6 Å². The van der Waals surface area contributed by atoms with Gasteiger partial charge in [-0.1, -0.05) is 36.5 Å². The zero-order chi connectivity index (χ0) is 18.6. The Bertz CT molecular complexity index is 1210. The summed E-state index contributed by atoms with van der Waals surface area (Å²) >= 11 is 1.42. The maximum Gasteiger partial charge on any atom is 0.270 e. The predicted molar refractivity (Wildman–Crippen MR) is 104 cm³/mol. The monoisotopic (exact) mass is 380 g/mol. The molecule has 3 aromatic rings. The maximum atomic E-state index is 13.2. The van der Waals surface area contributed by atoms with Crippen LogP contribution in [0.1, 0.15) is 43.9 Å². The van der Waals surface area contributed by atoms with Crippen LogP contribution in [-0.4, -0.2) is 20.1 Å². The van der Waals surface area contributed by atoms with Gasteiger partial charge in [-0.25, -0.2) is 4.99 Å². The quantitative estimate of drug-likeness (QED) is 0.699. The van der Waals surface area contributed by atoms with E-state index in [9.17, 15) is 4.79 Å². The lowest BCUT2D eigenvalue weighted by Crippen LogP contribution is -2.49. The molecule has 5 rings (SSSR count). The summed E-state index contributed by atoms with van der Waals surface area (Å²) in [6, 6.07) is 7.89. The number of hydrogen-bond donors (Lipinski definition) is 0. The normalized spacial score (nSPS) is 23.3. The van der Waals surface area contributed by atoms with Crippen LogP contribution in [0.4, 0.5) is 0 Å². The van der Waals surface area contributed by atoms with Crippen molar-refractivity contribution in [3.8, 4) is 5.75 Å². The summed E-state index contributed by atoms with van der Waals surface area (Å²) in [7, 11) is 0. The van der Waals surface area contributed by atoms with Crippen LogP contribution < -0.4 is 19.6 Å². The minimum atomic E-state index is -0.625. The Kier molecular flexibility index (Phi) is 3.62. The summed E-state index contributed by atoms with van der Waals surface area (Å²) in [5.41, 5.74) is 1.37. The molecule has 27 heavy (non-hydrogen) atoms. The average Bonchev–Trinajstić information content (AvgIpc) is 3.19. The summed E-state index contributed by atoms with van der Waals surface area (Å²) in [6.07, 6.45) is 7.37. The minimum absolute atomic E-state index is 0.00532. The SMILES string of the molecule is CCCn1cc(/C=c2\sc3n(c2=O)C2CC(C)(N=3)Oc3ccccc32)cn1. The van der Waals surface area contributed by atoms with E-state index in [4.69, 9.17) is 9.73 Å². The number of benzene rings is 1. The number of fused-ring (bicyclic) bond motifs is 6. The number of thiazole rings is 1. The second kappa shape index (κ2) is 5.92. The van der Waals surface area contributed by atoms with Crippen LogP contribution >= 0.6 is 11.3 Å². The van der Waals surface area contributed by atoms with Crippen LogP contribution in [0.3, 0.4) is 0 Å². The fourth-order valence-corrected chi connectivity index (χ4v) is 5.02. The number of aromatic nitrogens is 3. The number of para-hydroxylation sites is 1. The molecule has 2 atom stereocenters. The molecule has 0 fully saturated rings. The van der Waals surface area contributed by atoms with Crippen molar-refractivity contribution >= 4 is 17.4 Å². The Balaban J connectivity index is 1.68. The maximum absolute atomic E-state index is 13.2. The van der Waals surface area contributed by atoms with E-state index >= 15 is 0 Å². The standard InChI is InChI=1S/C20H20N4O2S/c1-3-8-23-12-13(11-21-23)9-17-18(25)24-15-10-20(2,22-19(24)27-17)26-16-7-5-4-6-14(15)16/h4-7,9,11-12,15H,3,8,10H2,1-2H3/b17-9-.